The quantitative estimate of drug-likeness (QED) is 0.895. The number of rotatable bonds is 5. The zero-order valence-corrected chi connectivity index (χ0v) is 14.2. The van der Waals surface area contributed by atoms with E-state index in [1.54, 1.807) is 11.9 Å². The van der Waals surface area contributed by atoms with Crippen molar-refractivity contribution in [2.24, 2.45) is 0 Å². The van der Waals surface area contributed by atoms with Crippen LogP contribution in [-0.2, 0) is 11.3 Å². The molecule has 7 nitrogen and oxygen atoms in total. The maximum atomic E-state index is 12.5. The minimum atomic E-state index is -1.08. The highest BCUT2D eigenvalue weighted by Crippen LogP contribution is 2.22. The third-order valence-corrected chi connectivity index (χ3v) is 4.76. The Bertz CT molecular complexity index is 736. The van der Waals surface area contributed by atoms with E-state index in [9.17, 15) is 9.59 Å². The molecule has 0 atom stereocenters. The summed E-state index contributed by atoms with van der Waals surface area (Å²) in [5.74, 6) is -1.18. The van der Waals surface area contributed by atoms with Crippen LogP contribution in [0.25, 0.3) is 0 Å². The molecule has 1 aliphatic rings. The minimum absolute atomic E-state index is 0.00294. The predicted octanol–water partition coefficient (Wildman–Crippen LogP) is 1.71. The molecule has 2 heterocycles. The van der Waals surface area contributed by atoms with Gasteiger partial charge in [-0.2, -0.15) is 0 Å². The topological polar surface area (TPSA) is 78.7 Å². The number of anilines is 1. The molecule has 1 amide bonds. The molecule has 1 aromatic heterocycles. The first-order valence-electron chi connectivity index (χ1n) is 8.35. The standard InChI is InChI=1S/C18H22N4O3/c1-20(17(23)12-22-13-19-11-16(22)18(24)25)14-7-9-21(10-8-14)15-5-3-2-4-6-15/h2-6,11,13-14H,7-10,12H2,1H3,(H,24,25). The molecule has 25 heavy (non-hydrogen) atoms. The van der Waals surface area contributed by atoms with Crippen LogP contribution in [0.5, 0.6) is 0 Å². The van der Waals surface area contributed by atoms with Gasteiger partial charge in [-0.25, -0.2) is 9.78 Å². The molecular formula is C18H22N4O3. The number of aromatic carboxylic acids is 1. The molecule has 1 saturated heterocycles. The van der Waals surface area contributed by atoms with Crippen molar-refractivity contribution in [1.29, 1.82) is 0 Å². The number of benzene rings is 1. The van der Waals surface area contributed by atoms with Gasteiger partial charge in [-0.15, -0.1) is 0 Å². The zero-order chi connectivity index (χ0) is 17.8. The van der Waals surface area contributed by atoms with Crippen LogP contribution in [0.15, 0.2) is 42.9 Å². The first kappa shape index (κ1) is 17.0. The number of carboxylic acid groups (broad SMARTS) is 1. The molecule has 3 rings (SSSR count). The van der Waals surface area contributed by atoms with Gasteiger partial charge in [0.2, 0.25) is 5.91 Å². The summed E-state index contributed by atoms with van der Waals surface area (Å²) in [6.45, 7) is 1.80. The molecule has 7 heteroatoms. The fraction of sp³-hybridized carbons (Fsp3) is 0.389. The van der Waals surface area contributed by atoms with E-state index >= 15 is 0 Å². The van der Waals surface area contributed by atoms with Crippen LogP contribution in [0, 0.1) is 0 Å². The Morgan fingerprint density at radius 1 is 1.24 bits per heavy atom. The van der Waals surface area contributed by atoms with Gasteiger partial charge < -0.3 is 19.5 Å². The highest BCUT2D eigenvalue weighted by atomic mass is 16.4. The highest BCUT2D eigenvalue weighted by molar-refractivity contribution is 5.86. The lowest BCUT2D eigenvalue weighted by molar-refractivity contribution is -0.133. The van der Waals surface area contributed by atoms with Gasteiger partial charge in [0.25, 0.3) is 0 Å². The van der Waals surface area contributed by atoms with E-state index in [4.69, 9.17) is 5.11 Å². The summed E-state index contributed by atoms with van der Waals surface area (Å²) in [5.41, 5.74) is 1.24. The van der Waals surface area contributed by atoms with Crippen LogP contribution < -0.4 is 4.90 Å². The maximum Gasteiger partial charge on any atom is 0.354 e. The molecule has 0 bridgehead atoms. The molecule has 0 spiro atoms. The van der Waals surface area contributed by atoms with Crippen LogP contribution in [0.4, 0.5) is 5.69 Å². The number of likely N-dealkylation sites (N-methyl/N-ethyl adjacent to an activating group) is 1. The predicted molar refractivity (Wildman–Crippen MR) is 93.6 cm³/mol. The smallest absolute Gasteiger partial charge is 0.354 e. The van der Waals surface area contributed by atoms with Crippen molar-refractivity contribution in [3.05, 3.63) is 48.5 Å². The Kier molecular flexibility index (Phi) is 5.02. The van der Waals surface area contributed by atoms with Crippen LogP contribution in [0.3, 0.4) is 0 Å². The summed E-state index contributed by atoms with van der Waals surface area (Å²) >= 11 is 0. The van der Waals surface area contributed by atoms with Crippen molar-refractivity contribution in [1.82, 2.24) is 14.5 Å². The summed E-state index contributed by atoms with van der Waals surface area (Å²) in [6.07, 6.45) is 4.43. The highest BCUT2D eigenvalue weighted by Gasteiger charge is 2.26. The SMILES string of the molecule is CN(C(=O)Cn1cncc1C(=O)O)C1CCN(c2ccccc2)CC1. The molecule has 132 valence electrons. The van der Waals surface area contributed by atoms with Crippen molar-refractivity contribution in [2.75, 3.05) is 25.0 Å². The lowest BCUT2D eigenvalue weighted by atomic mass is 10.0. The summed E-state index contributed by atoms with van der Waals surface area (Å²) in [4.78, 5) is 31.5. The molecule has 0 saturated carbocycles. The number of carboxylic acids is 1. The second-order valence-electron chi connectivity index (χ2n) is 6.27. The second-order valence-corrected chi connectivity index (χ2v) is 6.27. The number of carbonyl (C=O) groups is 2. The third kappa shape index (κ3) is 3.81. The molecule has 0 radical (unpaired) electrons. The Morgan fingerprint density at radius 2 is 1.92 bits per heavy atom. The Labute approximate surface area is 146 Å². The number of amides is 1. The summed E-state index contributed by atoms with van der Waals surface area (Å²) in [6, 6.07) is 10.4. The van der Waals surface area contributed by atoms with Gasteiger partial charge in [0, 0.05) is 31.9 Å². The number of carbonyl (C=O) groups excluding carboxylic acids is 1. The van der Waals surface area contributed by atoms with Gasteiger partial charge in [-0.05, 0) is 25.0 Å². The molecule has 2 aromatic rings. The molecule has 0 aliphatic carbocycles. The lowest BCUT2D eigenvalue weighted by Crippen LogP contribution is -2.46. The first-order valence-corrected chi connectivity index (χ1v) is 8.35. The van der Waals surface area contributed by atoms with Crippen LogP contribution in [0.1, 0.15) is 23.3 Å². The number of imidazole rings is 1. The van der Waals surface area contributed by atoms with Gasteiger partial charge in [0.1, 0.15) is 12.2 Å². The van der Waals surface area contributed by atoms with E-state index in [-0.39, 0.29) is 24.2 Å². The van der Waals surface area contributed by atoms with E-state index in [0.717, 1.165) is 25.9 Å². The number of nitrogens with zero attached hydrogens (tertiary/aromatic N) is 4. The van der Waals surface area contributed by atoms with E-state index < -0.39 is 5.97 Å². The van der Waals surface area contributed by atoms with Gasteiger partial charge in [0.15, 0.2) is 0 Å². The van der Waals surface area contributed by atoms with E-state index in [0.29, 0.717) is 0 Å². The van der Waals surface area contributed by atoms with Crippen molar-refractivity contribution in [3.63, 3.8) is 0 Å². The number of aromatic nitrogens is 2. The normalized spacial score (nSPS) is 15.2. The molecular weight excluding hydrogens is 320 g/mol. The van der Waals surface area contributed by atoms with E-state index in [1.807, 2.05) is 18.2 Å². The summed E-state index contributed by atoms with van der Waals surface area (Å²) in [7, 11) is 1.79. The fourth-order valence-electron chi connectivity index (χ4n) is 3.24. The molecule has 1 aliphatic heterocycles. The molecule has 0 unspecified atom stereocenters. The third-order valence-electron chi connectivity index (χ3n) is 4.76. The van der Waals surface area contributed by atoms with Crippen LogP contribution >= 0.6 is 0 Å². The summed E-state index contributed by atoms with van der Waals surface area (Å²) in [5, 5.41) is 9.10. The van der Waals surface area contributed by atoms with Crippen molar-refractivity contribution in [2.45, 2.75) is 25.4 Å². The fourth-order valence-corrected chi connectivity index (χ4v) is 3.24. The van der Waals surface area contributed by atoms with Gasteiger partial charge in [0.05, 0.1) is 12.5 Å². The first-order chi connectivity index (χ1) is 12.1. The molecule has 1 N–H and O–H groups in total. The summed E-state index contributed by atoms with van der Waals surface area (Å²) < 4.78 is 1.38. The Morgan fingerprint density at radius 3 is 2.56 bits per heavy atom. The lowest BCUT2D eigenvalue weighted by Gasteiger charge is -2.38. The number of hydrogen-bond donors (Lipinski definition) is 1. The van der Waals surface area contributed by atoms with E-state index in [2.05, 4.69) is 22.0 Å². The largest absolute Gasteiger partial charge is 0.477 e. The average Bonchev–Trinajstić information content (AvgIpc) is 3.10. The molecule has 1 aromatic carbocycles. The Hall–Kier alpha value is -2.83. The van der Waals surface area contributed by atoms with Crippen molar-refractivity contribution in [3.8, 4) is 0 Å². The maximum absolute atomic E-state index is 12.5. The average molecular weight is 342 g/mol. The van der Waals surface area contributed by atoms with Crippen LogP contribution in [-0.4, -0.2) is 57.6 Å². The van der Waals surface area contributed by atoms with Gasteiger partial charge in [-0.1, -0.05) is 18.2 Å². The zero-order valence-electron chi connectivity index (χ0n) is 14.2. The number of para-hydroxylation sites is 1. The van der Waals surface area contributed by atoms with Gasteiger partial charge in [-0.3, -0.25) is 4.79 Å². The van der Waals surface area contributed by atoms with Crippen LogP contribution in [0.2, 0.25) is 0 Å². The minimum Gasteiger partial charge on any atom is -0.477 e. The number of hydrogen-bond acceptors (Lipinski definition) is 4. The monoisotopic (exact) mass is 342 g/mol. The van der Waals surface area contributed by atoms with Crippen molar-refractivity contribution >= 4 is 17.6 Å². The molecule has 1 fully saturated rings. The number of piperidine rings is 1. The second kappa shape index (κ2) is 7.38. The Balaban J connectivity index is 1.57. The van der Waals surface area contributed by atoms with Gasteiger partial charge >= 0.3 is 5.97 Å². The van der Waals surface area contributed by atoms with Crippen molar-refractivity contribution < 1.29 is 14.7 Å². The van der Waals surface area contributed by atoms with E-state index in [1.165, 1.54) is 22.8 Å².